The number of fused-ring (bicyclic) bond motifs is 1. The van der Waals surface area contributed by atoms with Gasteiger partial charge in [-0.15, -0.1) is 0 Å². The van der Waals surface area contributed by atoms with E-state index < -0.39 is 0 Å². The molecule has 0 fully saturated rings. The van der Waals surface area contributed by atoms with E-state index in [0.29, 0.717) is 17.3 Å². The number of ether oxygens (including phenoxy) is 1. The molecule has 0 radical (unpaired) electrons. The number of imidazole rings is 1. The average molecular weight is 267 g/mol. The van der Waals surface area contributed by atoms with Gasteiger partial charge in [-0.1, -0.05) is 11.6 Å². The molecule has 0 N–H and O–H groups in total. The predicted molar refractivity (Wildman–Crippen MR) is 70.0 cm³/mol. The van der Waals surface area contributed by atoms with Crippen LogP contribution in [0.2, 0.25) is 5.02 Å². The summed E-state index contributed by atoms with van der Waals surface area (Å²) in [5, 5.41) is 0.676. The van der Waals surface area contributed by atoms with Crippen molar-refractivity contribution in [2.75, 3.05) is 6.61 Å². The van der Waals surface area contributed by atoms with Gasteiger partial charge in [0.1, 0.15) is 5.65 Å². The number of aromatic nitrogens is 2. The molecule has 0 aromatic carbocycles. The van der Waals surface area contributed by atoms with Crippen molar-refractivity contribution in [3.05, 3.63) is 34.7 Å². The van der Waals surface area contributed by atoms with E-state index in [2.05, 4.69) is 4.98 Å². The molecule has 2 aromatic rings. The van der Waals surface area contributed by atoms with Gasteiger partial charge in [-0.3, -0.25) is 4.79 Å². The van der Waals surface area contributed by atoms with Gasteiger partial charge in [0, 0.05) is 12.4 Å². The molecule has 0 spiro atoms. The zero-order chi connectivity index (χ0) is 13.3. The molecule has 2 aromatic heterocycles. The first kappa shape index (κ1) is 12.9. The molecule has 0 aliphatic carbocycles. The number of nitrogens with zero attached hydrogens (tertiary/aromatic N) is 2. The third-order valence-electron chi connectivity index (χ3n) is 2.84. The Hall–Kier alpha value is -1.55. The van der Waals surface area contributed by atoms with Crippen molar-refractivity contribution in [2.24, 2.45) is 0 Å². The first-order valence-electron chi connectivity index (χ1n) is 5.84. The lowest BCUT2D eigenvalue weighted by atomic mass is 10.1. The molecule has 0 bridgehead atoms. The SMILES string of the molecule is CCOC(=O)C(C)c1cn2cc(Cl)c(C)cc2n1. The van der Waals surface area contributed by atoms with Crippen LogP contribution < -0.4 is 0 Å². The minimum absolute atomic E-state index is 0.260. The molecular weight excluding hydrogens is 252 g/mol. The Balaban J connectivity index is 2.38. The summed E-state index contributed by atoms with van der Waals surface area (Å²) in [6.45, 7) is 5.87. The molecule has 0 saturated carbocycles. The summed E-state index contributed by atoms with van der Waals surface area (Å²) in [5.74, 6) is -0.632. The number of hydrogen-bond acceptors (Lipinski definition) is 3. The molecule has 2 rings (SSSR count). The Bertz CT molecular complexity index is 553. The number of carbonyl (C=O) groups excluding carboxylic acids is 1. The second-order valence-electron chi connectivity index (χ2n) is 4.21. The van der Waals surface area contributed by atoms with E-state index in [9.17, 15) is 4.79 Å². The Kier molecular flexibility index (Phi) is 3.57. The molecular formula is C13H15ClN2O2. The van der Waals surface area contributed by atoms with E-state index in [1.165, 1.54) is 0 Å². The van der Waals surface area contributed by atoms with Gasteiger partial charge in [0.05, 0.1) is 23.2 Å². The van der Waals surface area contributed by atoms with E-state index in [0.717, 1.165) is 11.2 Å². The molecule has 4 nitrogen and oxygen atoms in total. The van der Waals surface area contributed by atoms with Gasteiger partial charge >= 0.3 is 5.97 Å². The molecule has 5 heteroatoms. The van der Waals surface area contributed by atoms with Crippen LogP contribution in [-0.2, 0) is 9.53 Å². The predicted octanol–water partition coefficient (Wildman–Crippen LogP) is 2.96. The number of hydrogen-bond donors (Lipinski definition) is 0. The maximum Gasteiger partial charge on any atom is 0.314 e. The monoisotopic (exact) mass is 266 g/mol. The maximum atomic E-state index is 11.7. The van der Waals surface area contributed by atoms with Gasteiger partial charge in [-0.25, -0.2) is 4.98 Å². The summed E-state index contributed by atoms with van der Waals surface area (Å²) in [4.78, 5) is 16.1. The van der Waals surface area contributed by atoms with Crippen molar-refractivity contribution in [1.82, 2.24) is 9.38 Å². The van der Waals surface area contributed by atoms with Crippen LogP contribution in [-0.4, -0.2) is 22.0 Å². The van der Waals surface area contributed by atoms with Crippen LogP contribution in [0.15, 0.2) is 18.5 Å². The van der Waals surface area contributed by atoms with Crippen LogP contribution in [0.25, 0.3) is 5.65 Å². The zero-order valence-electron chi connectivity index (χ0n) is 10.6. The Morgan fingerprint density at radius 3 is 2.94 bits per heavy atom. The molecule has 96 valence electrons. The van der Waals surface area contributed by atoms with Gasteiger partial charge < -0.3 is 9.14 Å². The van der Waals surface area contributed by atoms with Crippen molar-refractivity contribution in [2.45, 2.75) is 26.7 Å². The van der Waals surface area contributed by atoms with E-state index >= 15 is 0 Å². The van der Waals surface area contributed by atoms with Crippen molar-refractivity contribution in [3.8, 4) is 0 Å². The van der Waals surface area contributed by atoms with Gasteiger partial charge in [-0.2, -0.15) is 0 Å². The smallest absolute Gasteiger partial charge is 0.314 e. The number of aryl methyl sites for hydroxylation is 1. The number of esters is 1. The van der Waals surface area contributed by atoms with Gasteiger partial charge in [0.2, 0.25) is 0 Å². The highest BCUT2D eigenvalue weighted by Crippen LogP contribution is 2.21. The quantitative estimate of drug-likeness (QED) is 0.802. The number of rotatable bonds is 3. The fourth-order valence-electron chi connectivity index (χ4n) is 1.72. The molecule has 18 heavy (non-hydrogen) atoms. The fraction of sp³-hybridized carbons (Fsp3) is 0.385. The van der Waals surface area contributed by atoms with Gasteiger partial charge in [0.15, 0.2) is 0 Å². The molecule has 2 heterocycles. The minimum atomic E-state index is -0.371. The van der Waals surface area contributed by atoms with E-state index in [-0.39, 0.29) is 11.9 Å². The van der Waals surface area contributed by atoms with Crippen LogP contribution in [0.4, 0.5) is 0 Å². The summed E-state index contributed by atoms with van der Waals surface area (Å²) < 4.78 is 6.81. The third kappa shape index (κ3) is 2.34. The lowest BCUT2D eigenvalue weighted by Gasteiger charge is -2.06. The normalized spacial score (nSPS) is 12.7. The van der Waals surface area contributed by atoms with Crippen molar-refractivity contribution in [3.63, 3.8) is 0 Å². The number of halogens is 1. The van der Waals surface area contributed by atoms with Crippen molar-refractivity contribution < 1.29 is 9.53 Å². The topological polar surface area (TPSA) is 43.6 Å². The third-order valence-corrected chi connectivity index (χ3v) is 3.23. The number of carbonyl (C=O) groups is 1. The largest absolute Gasteiger partial charge is 0.465 e. The summed E-state index contributed by atoms with van der Waals surface area (Å²) in [6, 6.07) is 1.89. The summed E-state index contributed by atoms with van der Waals surface area (Å²) >= 11 is 6.05. The van der Waals surface area contributed by atoms with Crippen LogP contribution in [0, 0.1) is 6.92 Å². The first-order chi connectivity index (χ1) is 8.52. The van der Waals surface area contributed by atoms with Crippen molar-refractivity contribution >= 4 is 23.2 Å². The van der Waals surface area contributed by atoms with E-state index in [1.807, 2.05) is 23.6 Å². The zero-order valence-corrected chi connectivity index (χ0v) is 11.4. The fourth-order valence-corrected chi connectivity index (χ4v) is 1.88. The Labute approximate surface area is 111 Å². The molecule has 0 saturated heterocycles. The highest BCUT2D eigenvalue weighted by Gasteiger charge is 2.19. The van der Waals surface area contributed by atoms with Crippen LogP contribution in [0.5, 0.6) is 0 Å². The molecule has 0 aliphatic rings. The Morgan fingerprint density at radius 1 is 1.56 bits per heavy atom. The first-order valence-corrected chi connectivity index (χ1v) is 6.22. The Morgan fingerprint density at radius 2 is 2.28 bits per heavy atom. The van der Waals surface area contributed by atoms with Crippen LogP contribution in [0.1, 0.15) is 31.0 Å². The van der Waals surface area contributed by atoms with E-state index in [1.54, 1.807) is 20.0 Å². The lowest BCUT2D eigenvalue weighted by Crippen LogP contribution is -2.13. The highest BCUT2D eigenvalue weighted by atomic mass is 35.5. The molecule has 1 unspecified atom stereocenters. The lowest BCUT2D eigenvalue weighted by molar-refractivity contribution is -0.144. The molecule has 1 atom stereocenters. The second-order valence-corrected chi connectivity index (χ2v) is 4.62. The van der Waals surface area contributed by atoms with Crippen LogP contribution >= 0.6 is 11.6 Å². The highest BCUT2D eigenvalue weighted by molar-refractivity contribution is 6.31. The number of pyridine rings is 1. The summed E-state index contributed by atoms with van der Waals surface area (Å²) in [7, 11) is 0. The van der Waals surface area contributed by atoms with Crippen molar-refractivity contribution in [1.29, 1.82) is 0 Å². The maximum absolute atomic E-state index is 11.7. The van der Waals surface area contributed by atoms with Gasteiger partial charge in [0.25, 0.3) is 0 Å². The molecule has 0 amide bonds. The summed E-state index contributed by atoms with van der Waals surface area (Å²) in [6.07, 6.45) is 3.60. The van der Waals surface area contributed by atoms with Crippen LogP contribution in [0.3, 0.4) is 0 Å². The average Bonchev–Trinajstić information content (AvgIpc) is 2.72. The van der Waals surface area contributed by atoms with E-state index in [4.69, 9.17) is 16.3 Å². The molecule has 0 aliphatic heterocycles. The second kappa shape index (κ2) is 4.98. The minimum Gasteiger partial charge on any atom is -0.465 e. The van der Waals surface area contributed by atoms with Gasteiger partial charge in [-0.05, 0) is 32.4 Å². The standard InChI is InChI=1S/C13H15ClN2O2/c1-4-18-13(17)9(3)11-7-16-6-10(14)8(2)5-12(16)15-11/h5-7,9H,4H2,1-3H3. The summed E-state index contributed by atoms with van der Waals surface area (Å²) in [5.41, 5.74) is 2.43.